The van der Waals surface area contributed by atoms with Gasteiger partial charge in [0.2, 0.25) is 6.10 Å². The Labute approximate surface area is 231 Å². The van der Waals surface area contributed by atoms with E-state index < -0.39 is 34.9 Å². The highest BCUT2D eigenvalue weighted by atomic mass is 79.9. The van der Waals surface area contributed by atoms with E-state index in [0.717, 1.165) is 5.56 Å². The van der Waals surface area contributed by atoms with Crippen LogP contribution in [-0.2, 0) is 20.7 Å². The van der Waals surface area contributed by atoms with Crippen LogP contribution < -0.4 is 10.6 Å². The van der Waals surface area contributed by atoms with Crippen molar-refractivity contribution in [1.82, 2.24) is 5.32 Å². The van der Waals surface area contributed by atoms with Crippen LogP contribution in [0.25, 0.3) is 0 Å². The first-order chi connectivity index (χ1) is 18.8. The zero-order valence-corrected chi connectivity index (χ0v) is 21.9. The summed E-state index contributed by atoms with van der Waals surface area (Å²) in [7, 11) is 0. The SMILES string of the molecule is O=C(N[C@@H](Cc1ccccc1)C(=O)OC(C(=O)Nc1ccc([N+](=O)[O-])cc1Br)c1ccccc1)c1ccco1. The normalized spacial score (nSPS) is 12.1. The molecule has 3 aromatic carbocycles. The number of ether oxygens (including phenoxy) is 1. The lowest BCUT2D eigenvalue weighted by molar-refractivity contribution is -0.384. The van der Waals surface area contributed by atoms with Crippen molar-refractivity contribution in [3.63, 3.8) is 0 Å². The third-order valence-electron chi connectivity index (χ3n) is 5.61. The van der Waals surface area contributed by atoms with Gasteiger partial charge in [-0.3, -0.25) is 19.7 Å². The van der Waals surface area contributed by atoms with Gasteiger partial charge in [0.1, 0.15) is 6.04 Å². The molecule has 0 fully saturated rings. The van der Waals surface area contributed by atoms with E-state index in [4.69, 9.17) is 9.15 Å². The number of anilines is 1. The molecule has 0 aliphatic rings. The Morgan fingerprint density at radius 3 is 2.26 bits per heavy atom. The van der Waals surface area contributed by atoms with Crippen LogP contribution in [0.5, 0.6) is 0 Å². The summed E-state index contributed by atoms with van der Waals surface area (Å²) >= 11 is 3.22. The largest absolute Gasteiger partial charge is 0.459 e. The lowest BCUT2D eigenvalue weighted by Gasteiger charge is -2.23. The number of carbonyl (C=O) groups excluding carboxylic acids is 3. The molecule has 4 rings (SSSR count). The Hall–Kier alpha value is -4.77. The molecule has 0 bridgehead atoms. The van der Waals surface area contributed by atoms with Gasteiger partial charge in [0.05, 0.1) is 16.9 Å². The summed E-state index contributed by atoms with van der Waals surface area (Å²) in [5.74, 6) is -2.14. The zero-order chi connectivity index (χ0) is 27.8. The first-order valence-electron chi connectivity index (χ1n) is 11.7. The smallest absolute Gasteiger partial charge is 0.330 e. The van der Waals surface area contributed by atoms with E-state index >= 15 is 0 Å². The Balaban J connectivity index is 1.59. The lowest BCUT2D eigenvalue weighted by atomic mass is 10.0. The second-order valence-electron chi connectivity index (χ2n) is 8.33. The maximum absolute atomic E-state index is 13.4. The van der Waals surface area contributed by atoms with Gasteiger partial charge in [-0.1, -0.05) is 60.7 Å². The van der Waals surface area contributed by atoms with E-state index in [0.29, 0.717) is 5.56 Å². The summed E-state index contributed by atoms with van der Waals surface area (Å²) < 4.78 is 11.1. The summed E-state index contributed by atoms with van der Waals surface area (Å²) in [4.78, 5) is 50.0. The maximum Gasteiger partial charge on any atom is 0.330 e. The number of esters is 1. The van der Waals surface area contributed by atoms with Crippen LogP contribution in [0.1, 0.15) is 27.8 Å². The molecule has 0 spiro atoms. The Morgan fingerprint density at radius 1 is 0.949 bits per heavy atom. The number of nitrogens with zero attached hydrogens (tertiary/aromatic N) is 1. The minimum atomic E-state index is -1.39. The fraction of sp³-hybridized carbons (Fsp3) is 0.107. The number of hydrogen-bond acceptors (Lipinski definition) is 7. The van der Waals surface area contributed by atoms with Gasteiger partial charge < -0.3 is 19.8 Å². The first-order valence-corrected chi connectivity index (χ1v) is 12.5. The highest BCUT2D eigenvalue weighted by Gasteiger charge is 2.31. The third-order valence-corrected chi connectivity index (χ3v) is 6.27. The summed E-state index contributed by atoms with van der Waals surface area (Å²) in [6, 6.07) is 23.1. The Bertz CT molecular complexity index is 1460. The van der Waals surface area contributed by atoms with Gasteiger partial charge in [-0.2, -0.15) is 0 Å². The number of furan rings is 1. The quantitative estimate of drug-likeness (QED) is 0.146. The first kappa shape index (κ1) is 27.3. The van der Waals surface area contributed by atoms with Crippen molar-refractivity contribution in [1.29, 1.82) is 0 Å². The number of hydrogen-bond donors (Lipinski definition) is 2. The molecule has 4 aromatic rings. The van der Waals surface area contributed by atoms with E-state index in [1.54, 1.807) is 60.7 Å². The number of non-ortho nitro benzene ring substituents is 1. The summed E-state index contributed by atoms with van der Waals surface area (Å²) in [6.45, 7) is 0. The number of nitro groups is 1. The molecular weight excluding hydrogens is 570 g/mol. The molecule has 10 nitrogen and oxygen atoms in total. The standard InChI is InChI=1S/C28H22BrN3O7/c29-21-17-20(32(36)37)13-14-22(21)30-27(34)25(19-10-5-2-6-11-19)39-28(35)23(16-18-8-3-1-4-9-18)31-26(33)24-12-7-15-38-24/h1-15,17,23,25H,16H2,(H,30,34)(H,31,33)/t23-,25?/m0/s1. The molecule has 11 heteroatoms. The summed E-state index contributed by atoms with van der Waals surface area (Å²) in [5.41, 5.74) is 1.23. The Morgan fingerprint density at radius 2 is 1.64 bits per heavy atom. The molecule has 0 saturated carbocycles. The van der Waals surface area contributed by atoms with Crippen molar-refractivity contribution in [2.24, 2.45) is 0 Å². The van der Waals surface area contributed by atoms with E-state index in [1.807, 2.05) is 6.07 Å². The van der Waals surface area contributed by atoms with Gasteiger partial charge in [0, 0.05) is 28.6 Å². The molecule has 0 aliphatic carbocycles. The molecule has 1 aromatic heterocycles. The van der Waals surface area contributed by atoms with Crippen LogP contribution in [0.3, 0.4) is 0 Å². The molecule has 1 heterocycles. The molecule has 2 amide bonds. The summed E-state index contributed by atoms with van der Waals surface area (Å²) in [5, 5.41) is 16.3. The van der Waals surface area contributed by atoms with Crippen molar-refractivity contribution >= 4 is 45.1 Å². The Kier molecular flexibility index (Phi) is 8.85. The number of nitro benzene ring substituents is 1. The number of nitrogens with one attached hydrogen (secondary N) is 2. The highest BCUT2D eigenvalue weighted by molar-refractivity contribution is 9.10. The van der Waals surface area contributed by atoms with E-state index in [2.05, 4.69) is 26.6 Å². The average molecular weight is 592 g/mol. The maximum atomic E-state index is 13.4. The monoisotopic (exact) mass is 591 g/mol. The molecule has 2 atom stereocenters. The highest BCUT2D eigenvalue weighted by Crippen LogP contribution is 2.29. The van der Waals surface area contributed by atoms with Gasteiger partial charge in [-0.15, -0.1) is 0 Å². The second kappa shape index (κ2) is 12.7. The van der Waals surface area contributed by atoms with Gasteiger partial charge in [-0.25, -0.2) is 4.79 Å². The zero-order valence-electron chi connectivity index (χ0n) is 20.3. The number of benzene rings is 3. The molecule has 39 heavy (non-hydrogen) atoms. The van der Waals surface area contributed by atoms with Gasteiger partial charge >= 0.3 is 5.97 Å². The molecule has 0 aliphatic heterocycles. The van der Waals surface area contributed by atoms with Crippen molar-refractivity contribution in [3.8, 4) is 0 Å². The predicted octanol–water partition coefficient (Wildman–Crippen LogP) is 5.21. The minimum absolute atomic E-state index is 0.0150. The minimum Gasteiger partial charge on any atom is -0.459 e. The summed E-state index contributed by atoms with van der Waals surface area (Å²) in [6.07, 6.45) is 0.0499. The lowest BCUT2D eigenvalue weighted by Crippen LogP contribution is -2.44. The van der Waals surface area contributed by atoms with E-state index in [-0.39, 0.29) is 28.0 Å². The van der Waals surface area contributed by atoms with E-state index in [1.165, 1.54) is 30.5 Å². The fourth-order valence-electron chi connectivity index (χ4n) is 3.70. The van der Waals surface area contributed by atoms with Crippen LogP contribution in [-0.4, -0.2) is 28.7 Å². The van der Waals surface area contributed by atoms with Crippen molar-refractivity contribution in [2.45, 2.75) is 18.6 Å². The third kappa shape index (κ3) is 7.17. The number of rotatable bonds is 10. The van der Waals surface area contributed by atoms with Gasteiger partial charge in [-0.05, 0) is 39.7 Å². The molecule has 198 valence electrons. The van der Waals surface area contributed by atoms with Crippen LogP contribution >= 0.6 is 15.9 Å². The number of halogens is 1. The molecule has 0 saturated heterocycles. The fourth-order valence-corrected chi connectivity index (χ4v) is 4.16. The van der Waals surface area contributed by atoms with Gasteiger partial charge in [0.25, 0.3) is 17.5 Å². The van der Waals surface area contributed by atoms with Crippen molar-refractivity contribution < 1.29 is 28.5 Å². The van der Waals surface area contributed by atoms with Crippen LogP contribution in [0, 0.1) is 10.1 Å². The topological polar surface area (TPSA) is 141 Å². The average Bonchev–Trinajstić information content (AvgIpc) is 3.48. The van der Waals surface area contributed by atoms with Crippen LogP contribution in [0.15, 0.2) is 106 Å². The van der Waals surface area contributed by atoms with Crippen molar-refractivity contribution in [3.05, 3.63) is 129 Å². The molecule has 0 radical (unpaired) electrons. The number of carbonyl (C=O) groups is 3. The number of amides is 2. The van der Waals surface area contributed by atoms with Crippen LogP contribution in [0.2, 0.25) is 0 Å². The van der Waals surface area contributed by atoms with E-state index in [9.17, 15) is 24.5 Å². The second-order valence-corrected chi connectivity index (χ2v) is 9.19. The van der Waals surface area contributed by atoms with Crippen molar-refractivity contribution in [2.75, 3.05) is 5.32 Å². The molecule has 1 unspecified atom stereocenters. The predicted molar refractivity (Wildman–Crippen MR) is 145 cm³/mol. The molecule has 2 N–H and O–H groups in total. The van der Waals surface area contributed by atoms with Gasteiger partial charge in [0.15, 0.2) is 5.76 Å². The molecular formula is C28H22BrN3O7. The van der Waals surface area contributed by atoms with Crippen LogP contribution in [0.4, 0.5) is 11.4 Å².